The van der Waals surface area contributed by atoms with Crippen molar-refractivity contribution >= 4 is 16.7 Å². The number of methoxy groups -OCH3 is 1. The highest BCUT2D eigenvalue weighted by molar-refractivity contribution is 6.01. The van der Waals surface area contributed by atoms with Crippen LogP contribution in [-0.2, 0) is 4.74 Å². The maximum atomic E-state index is 12.4. The molecule has 4 nitrogen and oxygen atoms in total. The van der Waals surface area contributed by atoms with Crippen LogP contribution in [-0.4, -0.2) is 32.3 Å². The van der Waals surface area contributed by atoms with Gasteiger partial charge in [0.25, 0.3) is 5.91 Å². The summed E-state index contributed by atoms with van der Waals surface area (Å²) in [5.74, 6) is 0.478. The Morgan fingerprint density at radius 3 is 2.76 bits per heavy atom. The second-order valence-corrected chi connectivity index (χ2v) is 5.24. The largest absolute Gasteiger partial charge is 0.496 e. The van der Waals surface area contributed by atoms with Crippen molar-refractivity contribution in [1.82, 2.24) is 5.32 Å². The van der Waals surface area contributed by atoms with Crippen LogP contribution >= 0.6 is 0 Å². The Hall–Kier alpha value is -2.07. The molecule has 110 valence electrons. The number of hydrogen-bond donors (Lipinski definition) is 1. The molecule has 1 saturated heterocycles. The Kier molecular flexibility index (Phi) is 4.06. The van der Waals surface area contributed by atoms with Gasteiger partial charge >= 0.3 is 0 Å². The molecular weight excluding hydrogens is 266 g/mol. The van der Waals surface area contributed by atoms with E-state index in [-0.39, 0.29) is 12.0 Å². The Morgan fingerprint density at radius 2 is 2.10 bits per heavy atom. The molecule has 0 radical (unpaired) electrons. The number of benzene rings is 2. The van der Waals surface area contributed by atoms with E-state index >= 15 is 0 Å². The van der Waals surface area contributed by atoms with Gasteiger partial charge in [-0.05, 0) is 35.7 Å². The maximum Gasteiger partial charge on any atom is 0.255 e. The van der Waals surface area contributed by atoms with Gasteiger partial charge in [-0.25, -0.2) is 0 Å². The molecule has 2 aromatic carbocycles. The third kappa shape index (κ3) is 3.00. The quantitative estimate of drug-likeness (QED) is 0.939. The Morgan fingerprint density at radius 1 is 1.33 bits per heavy atom. The van der Waals surface area contributed by atoms with Crippen molar-refractivity contribution in [3.8, 4) is 5.75 Å². The molecule has 1 aliphatic heterocycles. The normalized spacial score (nSPS) is 17.9. The Labute approximate surface area is 124 Å². The number of nitrogens with one attached hydrogen (secondary N) is 1. The summed E-state index contributed by atoms with van der Waals surface area (Å²) in [5.41, 5.74) is 0.564. The third-order valence-electron chi connectivity index (χ3n) is 3.83. The molecule has 4 heteroatoms. The van der Waals surface area contributed by atoms with Gasteiger partial charge < -0.3 is 14.8 Å². The average Bonchev–Trinajstić information content (AvgIpc) is 3.04. The summed E-state index contributed by atoms with van der Waals surface area (Å²) in [4.78, 5) is 12.4. The van der Waals surface area contributed by atoms with Crippen LogP contribution < -0.4 is 10.1 Å². The molecule has 1 aliphatic rings. The van der Waals surface area contributed by atoms with Crippen LogP contribution in [0.2, 0.25) is 0 Å². The maximum absolute atomic E-state index is 12.4. The molecule has 3 rings (SSSR count). The predicted octanol–water partition coefficient (Wildman–Crippen LogP) is 2.76. The summed E-state index contributed by atoms with van der Waals surface area (Å²) in [7, 11) is 1.58. The zero-order valence-corrected chi connectivity index (χ0v) is 12.1. The second-order valence-electron chi connectivity index (χ2n) is 5.24. The molecule has 1 heterocycles. The van der Waals surface area contributed by atoms with Crippen molar-refractivity contribution < 1.29 is 14.3 Å². The van der Waals surface area contributed by atoms with E-state index in [1.54, 1.807) is 7.11 Å². The minimum atomic E-state index is -0.117. The summed E-state index contributed by atoms with van der Waals surface area (Å²) in [6.07, 6.45) is 2.22. The van der Waals surface area contributed by atoms with E-state index in [0.717, 1.165) is 30.2 Å². The van der Waals surface area contributed by atoms with Crippen molar-refractivity contribution in [2.75, 3.05) is 20.3 Å². The lowest BCUT2D eigenvalue weighted by Gasteiger charge is -2.13. The number of fused-ring (bicyclic) bond motifs is 1. The highest BCUT2D eigenvalue weighted by Crippen LogP contribution is 2.26. The summed E-state index contributed by atoms with van der Waals surface area (Å²) < 4.78 is 10.9. The predicted molar refractivity (Wildman–Crippen MR) is 81.8 cm³/mol. The second kappa shape index (κ2) is 6.14. The zero-order chi connectivity index (χ0) is 14.7. The first-order valence-corrected chi connectivity index (χ1v) is 7.24. The van der Waals surface area contributed by atoms with E-state index in [0.29, 0.717) is 17.9 Å². The van der Waals surface area contributed by atoms with Gasteiger partial charge in [0.15, 0.2) is 0 Å². The van der Waals surface area contributed by atoms with Gasteiger partial charge in [-0.3, -0.25) is 4.79 Å². The molecule has 1 N–H and O–H groups in total. The van der Waals surface area contributed by atoms with Gasteiger partial charge in [0.1, 0.15) is 5.75 Å². The Balaban J connectivity index is 1.81. The van der Waals surface area contributed by atoms with Gasteiger partial charge in [0.05, 0.1) is 18.8 Å². The van der Waals surface area contributed by atoms with Crippen LogP contribution in [0.3, 0.4) is 0 Å². The highest BCUT2D eigenvalue weighted by atomic mass is 16.5. The smallest absolute Gasteiger partial charge is 0.255 e. The van der Waals surface area contributed by atoms with Crippen LogP contribution in [0.25, 0.3) is 10.8 Å². The number of rotatable bonds is 4. The van der Waals surface area contributed by atoms with Crippen LogP contribution in [0.1, 0.15) is 23.2 Å². The van der Waals surface area contributed by atoms with E-state index in [1.807, 2.05) is 36.4 Å². The molecule has 1 unspecified atom stereocenters. The SMILES string of the molecule is COc1cc2ccccc2cc1C(=O)NCC1CCCO1. The number of amides is 1. The van der Waals surface area contributed by atoms with Gasteiger partial charge in [-0.1, -0.05) is 24.3 Å². The molecule has 1 fully saturated rings. The van der Waals surface area contributed by atoms with Crippen molar-refractivity contribution in [3.05, 3.63) is 42.0 Å². The fourth-order valence-corrected chi connectivity index (χ4v) is 2.67. The molecular formula is C17H19NO3. The lowest BCUT2D eigenvalue weighted by molar-refractivity contribution is 0.0855. The fraction of sp³-hybridized carbons (Fsp3) is 0.353. The molecule has 0 bridgehead atoms. The topological polar surface area (TPSA) is 47.6 Å². The number of hydrogen-bond acceptors (Lipinski definition) is 3. The van der Waals surface area contributed by atoms with Crippen molar-refractivity contribution in [1.29, 1.82) is 0 Å². The molecule has 0 saturated carbocycles. The Bertz CT molecular complexity index is 648. The summed E-state index contributed by atoms with van der Waals surface area (Å²) in [6.45, 7) is 1.34. The molecule has 21 heavy (non-hydrogen) atoms. The number of carbonyl (C=O) groups is 1. The van der Waals surface area contributed by atoms with Crippen LogP contribution in [0.4, 0.5) is 0 Å². The first-order chi connectivity index (χ1) is 10.3. The molecule has 1 amide bonds. The van der Waals surface area contributed by atoms with Crippen LogP contribution in [0.15, 0.2) is 36.4 Å². The van der Waals surface area contributed by atoms with E-state index in [2.05, 4.69) is 5.32 Å². The van der Waals surface area contributed by atoms with Crippen molar-refractivity contribution in [3.63, 3.8) is 0 Å². The first-order valence-electron chi connectivity index (χ1n) is 7.24. The van der Waals surface area contributed by atoms with E-state index in [9.17, 15) is 4.79 Å². The summed E-state index contributed by atoms with van der Waals surface area (Å²) in [5, 5.41) is 5.02. The van der Waals surface area contributed by atoms with Gasteiger partial charge in [0, 0.05) is 13.2 Å². The minimum absolute atomic E-state index is 0.117. The highest BCUT2D eigenvalue weighted by Gasteiger charge is 2.18. The number of ether oxygens (including phenoxy) is 2. The van der Waals surface area contributed by atoms with Gasteiger partial charge in [0.2, 0.25) is 0 Å². The van der Waals surface area contributed by atoms with E-state index < -0.39 is 0 Å². The van der Waals surface area contributed by atoms with Gasteiger partial charge in [-0.2, -0.15) is 0 Å². The summed E-state index contributed by atoms with van der Waals surface area (Å²) >= 11 is 0. The van der Waals surface area contributed by atoms with E-state index in [4.69, 9.17) is 9.47 Å². The molecule has 0 spiro atoms. The third-order valence-corrected chi connectivity index (χ3v) is 3.83. The van der Waals surface area contributed by atoms with Crippen molar-refractivity contribution in [2.24, 2.45) is 0 Å². The molecule has 2 aromatic rings. The average molecular weight is 285 g/mol. The zero-order valence-electron chi connectivity index (χ0n) is 12.1. The minimum Gasteiger partial charge on any atom is -0.496 e. The molecule has 1 atom stereocenters. The van der Waals surface area contributed by atoms with E-state index in [1.165, 1.54) is 0 Å². The fourth-order valence-electron chi connectivity index (χ4n) is 2.67. The van der Waals surface area contributed by atoms with Crippen LogP contribution in [0, 0.1) is 0 Å². The molecule has 0 aromatic heterocycles. The monoisotopic (exact) mass is 285 g/mol. The molecule has 0 aliphatic carbocycles. The first kappa shape index (κ1) is 13.9. The van der Waals surface area contributed by atoms with Crippen LogP contribution in [0.5, 0.6) is 5.75 Å². The van der Waals surface area contributed by atoms with Gasteiger partial charge in [-0.15, -0.1) is 0 Å². The van der Waals surface area contributed by atoms with Crippen molar-refractivity contribution in [2.45, 2.75) is 18.9 Å². The standard InChI is InChI=1S/C17H19NO3/c1-20-16-10-13-6-3-2-5-12(13)9-15(16)17(19)18-11-14-7-4-8-21-14/h2-3,5-6,9-10,14H,4,7-8,11H2,1H3,(H,18,19). The lowest BCUT2D eigenvalue weighted by Crippen LogP contribution is -2.32. The number of carbonyl (C=O) groups excluding carboxylic acids is 1. The summed E-state index contributed by atoms with van der Waals surface area (Å²) in [6, 6.07) is 11.7. The lowest BCUT2D eigenvalue weighted by atomic mass is 10.1.